The number of halogens is 1. The van der Waals surface area contributed by atoms with E-state index >= 15 is 0 Å². The standard InChI is InChI=1S/C14H17ClN2O3/c1-8-2-5-11(15)12(6-8)17-14(20)16-10-4-3-9(7-10)13(18)19/h2,5-6,9-10H,3-4,7H2,1H3,(H,18,19)(H2,16,17,20)/t9-,10+/m1/s1. The molecule has 0 bridgehead atoms. The van der Waals surface area contributed by atoms with Crippen molar-refractivity contribution in [3.63, 3.8) is 0 Å². The van der Waals surface area contributed by atoms with E-state index in [9.17, 15) is 9.59 Å². The van der Waals surface area contributed by atoms with E-state index < -0.39 is 5.97 Å². The Morgan fingerprint density at radius 2 is 2.10 bits per heavy atom. The van der Waals surface area contributed by atoms with Gasteiger partial charge in [0.2, 0.25) is 0 Å². The van der Waals surface area contributed by atoms with Crippen LogP contribution in [0.25, 0.3) is 0 Å². The molecule has 0 aromatic heterocycles. The Bertz CT molecular complexity index is 533. The first kappa shape index (κ1) is 14.7. The highest BCUT2D eigenvalue weighted by molar-refractivity contribution is 6.33. The highest BCUT2D eigenvalue weighted by Crippen LogP contribution is 2.26. The minimum Gasteiger partial charge on any atom is -0.481 e. The quantitative estimate of drug-likeness (QED) is 0.802. The summed E-state index contributed by atoms with van der Waals surface area (Å²) in [6.45, 7) is 1.91. The second-order valence-electron chi connectivity index (χ2n) is 5.13. The average Bonchev–Trinajstić information content (AvgIpc) is 2.82. The fourth-order valence-corrected chi connectivity index (χ4v) is 2.58. The third-order valence-electron chi connectivity index (χ3n) is 3.49. The lowest BCUT2D eigenvalue weighted by molar-refractivity contribution is -0.141. The number of carbonyl (C=O) groups excluding carboxylic acids is 1. The molecule has 2 amide bonds. The van der Waals surface area contributed by atoms with Gasteiger partial charge in [-0.3, -0.25) is 4.79 Å². The van der Waals surface area contributed by atoms with Gasteiger partial charge < -0.3 is 15.7 Å². The van der Waals surface area contributed by atoms with Gasteiger partial charge in [-0.05, 0) is 43.9 Å². The van der Waals surface area contributed by atoms with Crippen LogP contribution in [0.4, 0.5) is 10.5 Å². The number of aryl methyl sites for hydroxylation is 1. The van der Waals surface area contributed by atoms with E-state index in [1.807, 2.05) is 13.0 Å². The van der Waals surface area contributed by atoms with Crippen molar-refractivity contribution in [3.05, 3.63) is 28.8 Å². The number of rotatable bonds is 3. The van der Waals surface area contributed by atoms with Crippen LogP contribution in [0.5, 0.6) is 0 Å². The summed E-state index contributed by atoms with van der Waals surface area (Å²) >= 11 is 6.00. The molecule has 6 heteroatoms. The SMILES string of the molecule is Cc1ccc(Cl)c(NC(=O)N[C@H]2CC[C@@H](C(=O)O)C2)c1. The van der Waals surface area contributed by atoms with Gasteiger partial charge in [-0.2, -0.15) is 0 Å². The molecule has 0 saturated heterocycles. The predicted molar refractivity (Wildman–Crippen MR) is 77.1 cm³/mol. The number of nitrogens with one attached hydrogen (secondary N) is 2. The van der Waals surface area contributed by atoms with E-state index in [1.165, 1.54) is 0 Å². The monoisotopic (exact) mass is 296 g/mol. The van der Waals surface area contributed by atoms with Crippen LogP contribution in [-0.2, 0) is 4.79 Å². The van der Waals surface area contributed by atoms with Crippen LogP contribution in [0.15, 0.2) is 18.2 Å². The number of urea groups is 1. The molecule has 108 valence electrons. The maximum absolute atomic E-state index is 11.9. The molecule has 2 atom stereocenters. The van der Waals surface area contributed by atoms with Crippen molar-refractivity contribution < 1.29 is 14.7 Å². The van der Waals surface area contributed by atoms with Gasteiger partial charge in [0.05, 0.1) is 16.6 Å². The molecular weight excluding hydrogens is 280 g/mol. The van der Waals surface area contributed by atoms with E-state index in [1.54, 1.807) is 12.1 Å². The van der Waals surface area contributed by atoms with Gasteiger partial charge in [0, 0.05) is 6.04 Å². The Hall–Kier alpha value is -1.75. The molecule has 1 aromatic carbocycles. The van der Waals surface area contributed by atoms with Gasteiger partial charge in [-0.1, -0.05) is 17.7 Å². The fourth-order valence-electron chi connectivity index (χ4n) is 2.42. The lowest BCUT2D eigenvalue weighted by atomic mass is 10.1. The van der Waals surface area contributed by atoms with Gasteiger partial charge in [-0.15, -0.1) is 0 Å². The maximum Gasteiger partial charge on any atom is 0.319 e. The lowest BCUT2D eigenvalue weighted by Gasteiger charge is -2.14. The first-order valence-electron chi connectivity index (χ1n) is 6.52. The topological polar surface area (TPSA) is 78.4 Å². The third-order valence-corrected chi connectivity index (χ3v) is 3.82. The van der Waals surface area contributed by atoms with Crippen LogP contribution in [0, 0.1) is 12.8 Å². The van der Waals surface area contributed by atoms with Gasteiger partial charge in [-0.25, -0.2) is 4.79 Å². The summed E-state index contributed by atoms with van der Waals surface area (Å²) in [5, 5.41) is 14.9. The molecule has 1 aliphatic rings. The van der Waals surface area contributed by atoms with Gasteiger partial charge in [0.1, 0.15) is 0 Å². The number of hydrogen-bond donors (Lipinski definition) is 3. The minimum absolute atomic E-state index is 0.0975. The van der Waals surface area contributed by atoms with Crippen LogP contribution in [0.2, 0.25) is 5.02 Å². The van der Waals surface area contributed by atoms with Crippen LogP contribution < -0.4 is 10.6 Å². The molecule has 0 radical (unpaired) electrons. The maximum atomic E-state index is 11.9. The Morgan fingerprint density at radius 1 is 1.35 bits per heavy atom. The Kier molecular flexibility index (Phi) is 4.49. The Morgan fingerprint density at radius 3 is 2.75 bits per heavy atom. The second kappa shape index (κ2) is 6.13. The highest BCUT2D eigenvalue weighted by atomic mass is 35.5. The Balaban J connectivity index is 1.90. The second-order valence-corrected chi connectivity index (χ2v) is 5.53. The van der Waals surface area contributed by atoms with E-state index in [0.717, 1.165) is 5.56 Å². The smallest absolute Gasteiger partial charge is 0.319 e. The molecule has 0 unspecified atom stereocenters. The fraction of sp³-hybridized carbons (Fsp3) is 0.429. The third kappa shape index (κ3) is 3.63. The summed E-state index contributed by atoms with van der Waals surface area (Å²) in [5.41, 5.74) is 1.55. The van der Waals surface area contributed by atoms with Crippen molar-refractivity contribution in [2.45, 2.75) is 32.2 Å². The zero-order valence-corrected chi connectivity index (χ0v) is 11.9. The largest absolute Gasteiger partial charge is 0.481 e. The Labute approximate surface area is 122 Å². The number of aliphatic carboxylic acids is 1. The minimum atomic E-state index is -0.795. The van der Waals surface area contributed by atoms with E-state index in [4.69, 9.17) is 16.7 Å². The lowest BCUT2D eigenvalue weighted by Crippen LogP contribution is -2.36. The van der Waals surface area contributed by atoms with Gasteiger partial charge in [0.25, 0.3) is 0 Å². The molecule has 20 heavy (non-hydrogen) atoms. The van der Waals surface area contributed by atoms with Crippen LogP contribution in [0.3, 0.4) is 0 Å². The highest BCUT2D eigenvalue weighted by Gasteiger charge is 2.30. The molecule has 1 aromatic rings. The number of benzene rings is 1. The van der Waals surface area contributed by atoms with Gasteiger partial charge in [0.15, 0.2) is 0 Å². The van der Waals surface area contributed by atoms with Crippen molar-refractivity contribution in [1.82, 2.24) is 5.32 Å². The number of anilines is 1. The molecular formula is C14H17ClN2O3. The number of amides is 2. The van der Waals surface area contributed by atoms with Crippen molar-refractivity contribution in [3.8, 4) is 0 Å². The van der Waals surface area contributed by atoms with Crippen molar-refractivity contribution >= 4 is 29.3 Å². The predicted octanol–water partition coefficient (Wildman–Crippen LogP) is 3.02. The van der Waals surface area contributed by atoms with Gasteiger partial charge >= 0.3 is 12.0 Å². The number of hydrogen-bond acceptors (Lipinski definition) is 2. The van der Waals surface area contributed by atoms with Crippen LogP contribution in [0.1, 0.15) is 24.8 Å². The summed E-state index contributed by atoms with van der Waals surface area (Å²) in [6, 6.07) is 4.92. The molecule has 1 fully saturated rings. The van der Waals surface area contributed by atoms with Crippen molar-refractivity contribution in [2.24, 2.45) is 5.92 Å². The number of carboxylic acids is 1. The zero-order chi connectivity index (χ0) is 14.7. The normalized spacial score (nSPS) is 21.5. The van der Waals surface area contributed by atoms with Crippen LogP contribution >= 0.6 is 11.6 Å². The van der Waals surface area contributed by atoms with Crippen molar-refractivity contribution in [1.29, 1.82) is 0 Å². The molecule has 2 rings (SSSR count). The number of carbonyl (C=O) groups is 2. The molecule has 0 spiro atoms. The number of carboxylic acid groups (broad SMARTS) is 1. The first-order valence-corrected chi connectivity index (χ1v) is 6.90. The molecule has 3 N–H and O–H groups in total. The first-order chi connectivity index (χ1) is 9.45. The van der Waals surface area contributed by atoms with E-state index in [0.29, 0.717) is 30.0 Å². The molecule has 0 heterocycles. The summed E-state index contributed by atoms with van der Waals surface area (Å²) in [4.78, 5) is 22.7. The van der Waals surface area contributed by atoms with Crippen molar-refractivity contribution in [2.75, 3.05) is 5.32 Å². The molecule has 5 nitrogen and oxygen atoms in total. The van der Waals surface area contributed by atoms with E-state index in [-0.39, 0.29) is 18.0 Å². The average molecular weight is 297 g/mol. The molecule has 1 saturated carbocycles. The van der Waals surface area contributed by atoms with E-state index in [2.05, 4.69) is 10.6 Å². The molecule has 0 aliphatic heterocycles. The summed E-state index contributed by atoms with van der Waals surface area (Å²) in [7, 11) is 0. The summed E-state index contributed by atoms with van der Waals surface area (Å²) < 4.78 is 0. The van der Waals surface area contributed by atoms with Crippen LogP contribution in [-0.4, -0.2) is 23.1 Å². The summed E-state index contributed by atoms with van der Waals surface area (Å²) in [5.74, 6) is -1.15. The zero-order valence-electron chi connectivity index (χ0n) is 11.1. The summed E-state index contributed by atoms with van der Waals surface area (Å²) in [6.07, 6.45) is 1.77. The molecule has 1 aliphatic carbocycles.